The van der Waals surface area contributed by atoms with Crippen LogP contribution >= 0.6 is 11.6 Å². The van der Waals surface area contributed by atoms with E-state index in [2.05, 4.69) is 0 Å². The first kappa shape index (κ1) is 8.70. The number of carbonyl (C=O) groups is 2. The highest BCUT2D eigenvalue weighted by atomic mass is 35.5. The van der Waals surface area contributed by atoms with Gasteiger partial charge in [0.2, 0.25) is 0 Å². The van der Waals surface area contributed by atoms with Gasteiger partial charge in [0.1, 0.15) is 12.6 Å². The van der Waals surface area contributed by atoms with Crippen molar-refractivity contribution in [1.82, 2.24) is 0 Å². The van der Waals surface area contributed by atoms with Gasteiger partial charge in [-0.05, 0) is 24.3 Å². The Morgan fingerprint density at radius 2 is 2.08 bits per heavy atom. The highest BCUT2D eigenvalue weighted by Gasteiger charge is 2.38. The Kier molecular flexibility index (Phi) is 2.08. The Hall–Kier alpha value is -0.890. The van der Waals surface area contributed by atoms with Gasteiger partial charge in [0, 0.05) is 16.5 Å². The molecule has 0 radical (unpaired) electrons. The number of carbonyl (C=O) groups excluding carboxylic acids is 2. The van der Waals surface area contributed by atoms with Crippen LogP contribution in [0.1, 0.15) is 12.8 Å². The Morgan fingerprint density at radius 1 is 1.31 bits per heavy atom. The van der Waals surface area contributed by atoms with E-state index in [0.29, 0.717) is 17.0 Å². The summed E-state index contributed by atoms with van der Waals surface area (Å²) in [6.07, 6.45) is 5.05. The molecule has 0 heterocycles. The highest BCUT2D eigenvalue weighted by molar-refractivity contribution is 6.32. The second kappa shape index (κ2) is 3.11. The average Bonchev–Trinajstić information content (AvgIpc) is 2.66. The number of allylic oxidation sites excluding steroid dienone is 4. The molecule has 0 N–H and O–H groups in total. The number of rotatable bonds is 2. The standard InChI is InChI=1S/C10H9ClO2/c11-10-7(5-13)3-9-6(4-12)1-2-8(9)10/h1,4-5,8-9H,2-3H2/t8-,9+/m0/s1. The lowest BCUT2D eigenvalue weighted by Gasteiger charge is -2.10. The minimum atomic E-state index is 0.171. The predicted molar refractivity (Wildman–Crippen MR) is 49.3 cm³/mol. The van der Waals surface area contributed by atoms with Crippen LogP contribution in [-0.2, 0) is 9.59 Å². The van der Waals surface area contributed by atoms with Crippen LogP contribution in [0.2, 0.25) is 0 Å². The van der Waals surface area contributed by atoms with Crippen LogP contribution in [0.15, 0.2) is 22.3 Å². The molecular weight excluding hydrogens is 188 g/mol. The van der Waals surface area contributed by atoms with Gasteiger partial charge in [0.25, 0.3) is 0 Å². The van der Waals surface area contributed by atoms with E-state index in [4.69, 9.17) is 11.6 Å². The van der Waals surface area contributed by atoms with Crippen molar-refractivity contribution >= 4 is 24.2 Å². The van der Waals surface area contributed by atoms with Gasteiger partial charge in [0.05, 0.1) is 0 Å². The first-order valence-corrected chi connectivity index (χ1v) is 4.64. The third-order valence-electron chi connectivity index (χ3n) is 2.87. The van der Waals surface area contributed by atoms with Gasteiger partial charge in [-0.1, -0.05) is 17.7 Å². The first-order valence-electron chi connectivity index (χ1n) is 4.27. The van der Waals surface area contributed by atoms with Gasteiger partial charge >= 0.3 is 0 Å². The maximum atomic E-state index is 10.6. The van der Waals surface area contributed by atoms with E-state index >= 15 is 0 Å². The monoisotopic (exact) mass is 196 g/mol. The summed E-state index contributed by atoms with van der Waals surface area (Å²) in [6, 6.07) is 0. The van der Waals surface area contributed by atoms with Crippen molar-refractivity contribution in [3.8, 4) is 0 Å². The minimum absolute atomic E-state index is 0.171. The van der Waals surface area contributed by atoms with Crippen molar-refractivity contribution in [2.24, 2.45) is 11.8 Å². The van der Waals surface area contributed by atoms with Crippen LogP contribution in [0.25, 0.3) is 0 Å². The second-order valence-electron chi connectivity index (χ2n) is 3.47. The summed E-state index contributed by atoms with van der Waals surface area (Å²) in [7, 11) is 0. The molecule has 0 aromatic carbocycles. The zero-order chi connectivity index (χ0) is 9.42. The van der Waals surface area contributed by atoms with Crippen molar-refractivity contribution in [2.75, 3.05) is 0 Å². The van der Waals surface area contributed by atoms with Crippen LogP contribution in [0.4, 0.5) is 0 Å². The van der Waals surface area contributed by atoms with Crippen molar-refractivity contribution in [3.05, 3.63) is 22.3 Å². The summed E-state index contributed by atoms with van der Waals surface area (Å²) in [4.78, 5) is 21.2. The summed E-state index contributed by atoms with van der Waals surface area (Å²) in [5, 5.41) is 0.660. The van der Waals surface area contributed by atoms with Crippen molar-refractivity contribution < 1.29 is 9.59 Å². The quantitative estimate of drug-likeness (QED) is 0.632. The Morgan fingerprint density at radius 3 is 2.69 bits per heavy atom. The lowest BCUT2D eigenvalue weighted by atomic mass is 9.94. The van der Waals surface area contributed by atoms with Gasteiger partial charge in [-0.25, -0.2) is 0 Å². The molecule has 68 valence electrons. The van der Waals surface area contributed by atoms with E-state index in [1.54, 1.807) is 0 Å². The molecule has 0 aliphatic heterocycles. The number of halogens is 1. The van der Waals surface area contributed by atoms with Crippen molar-refractivity contribution in [1.29, 1.82) is 0 Å². The molecule has 2 rings (SSSR count). The smallest absolute Gasteiger partial charge is 0.147 e. The molecule has 0 unspecified atom stereocenters. The lowest BCUT2D eigenvalue weighted by molar-refractivity contribution is -0.106. The SMILES string of the molecule is O=CC1=CC[C@@H]2C(Cl)=C(C=O)C[C@H]12. The lowest BCUT2D eigenvalue weighted by Crippen LogP contribution is -2.06. The fraction of sp³-hybridized carbons (Fsp3) is 0.400. The molecule has 0 saturated carbocycles. The van der Waals surface area contributed by atoms with E-state index in [9.17, 15) is 9.59 Å². The molecule has 0 spiro atoms. The molecule has 2 aliphatic rings. The van der Waals surface area contributed by atoms with Gasteiger partial charge in [0.15, 0.2) is 0 Å². The normalized spacial score (nSPS) is 31.6. The van der Waals surface area contributed by atoms with Crippen LogP contribution < -0.4 is 0 Å². The Balaban J connectivity index is 2.27. The summed E-state index contributed by atoms with van der Waals surface area (Å²) >= 11 is 6.00. The average molecular weight is 197 g/mol. The summed E-state index contributed by atoms with van der Waals surface area (Å²) in [5.74, 6) is 0.368. The number of hydrogen-bond donors (Lipinski definition) is 0. The maximum absolute atomic E-state index is 10.6. The van der Waals surface area contributed by atoms with Crippen molar-refractivity contribution in [3.63, 3.8) is 0 Å². The summed E-state index contributed by atoms with van der Waals surface area (Å²) < 4.78 is 0. The van der Waals surface area contributed by atoms with Crippen LogP contribution in [0, 0.1) is 11.8 Å². The maximum Gasteiger partial charge on any atom is 0.147 e. The molecule has 0 aromatic heterocycles. The molecule has 0 bridgehead atoms. The topological polar surface area (TPSA) is 34.1 Å². The molecule has 0 amide bonds. The number of fused-ring (bicyclic) bond motifs is 1. The third-order valence-corrected chi connectivity index (χ3v) is 3.39. The van der Waals surface area contributed by atoms with E-state index in [1.807, 2.05) is 6.08 Å². The molecule has 0 saturated heterocycles. The predicted octanol–water partition coefficient (Wildman–Crippen LogP) is 1.84. The van der Waals surface area contributed by atoms with Crippen molar-refractivity contribution in [2.45, 2.75) is 12.8 Å². The molecular formula is C10H9ClO2. The van der Waals surface area contributed by atoms with E-state index < -0.39 is 0 Å². The fourth-order valence-electron chi connectivity index (χ4n) is 2.16. The van der Waals surface area contributed by atoms with Gasteiger partial charge < -0.3 is 0 Å². The second-order valence-corrected chi connectivity index (χ2v) is 3.87. The van der Waals surface area contributed by atoms with Gasteiger partial charge in [-0.3, -0.25) is 9.59 Å². The van der Waals surface area contributed by atoms with Crippen LogP contribution in [0.5, 0.6) is 0 Å². The molecule has 0 aromatic rings. The summed E-state index contributed by atoms with van der Waals surface area (Å²) in [6.45, 7) is 0. The Bertz CT molecular complexity index is 328. The molecule has 2 atom stereocenters. The number of hydrogen-bond acceptors (Lipinski definition) is 2. The van der Waals surface area contributed by atoms with Crippen LogP contribution in [-0.4, -0.2) is 12.6 Å². The number of aldehydes is 2. The van der Waals surface area contributed by atoms with Crippen LogP contribution in [0.3, 0.4) is 0 Å². The van der Waals surface area contributed by atoms with E-state index in [1.165, 1.54) is 0 Å². The highest BCUT2D eigenvalue weighted by Crippen LogP contribution is 2.47. The van der Waals surface area contributed by atoms with E-state index in [-0.39, 0.29) is 11.8 Å². The zero-order valence-electron chi connectivity index (χ0n) is 7.00. The molecule has 0 fully saturated rings. The molecule has 13 heavy (non-hydrogen) atoms. The minimum Gasteiger partial charge on any atom is -0.298 e. The zero-order valence-corrected chi connectivity index (χ0v) is 7.75. The third kappa shape index (κ3) is 1.17. The largest absolute Gasteiger partial charge is 0.298 e. The van der Waals surface area contributed by atoms with Gasteiger partial charge in [-0.15, -0.1) is 0 Å². The summed E-state index contributed by atoms with van der Waals surface area (Å²) in [5.41, 5.74) is 1.48. The van der Waals surface area contributed by atoms with E-state index in [0.717, 1.165) is 24.6 Å². The fourth-order valence-corrected chi connectivity index (χ4v) is 2.53. The molecule has 2 nitrogen and oxygen atoms in total. The molecule has 3 heteroatoms. The molecule has 2 aliphatic carbocycles. The van der Waals surface area contributed by atoms with Gasteiger partial charge in [-0.2, -0.15) is 0 Å². The Labute approximate surface area is 81.3 Å². The first-order chi connectivity index (χ1) is 6.27.